The Labute approximate surface area is 200 Å². The van der Waals surface area contributed by atoms with Gasteiger partial charge in [-0.2, -0.15) is 0 Å². The fourth-order valence-corrected chi connectivity index (χ4v) is 7.26. The zero-order chi connectivity index (χ0) is 23.6. The van der Waals surface area contributed by atoms with Gasteiger partial charge in [-0.15, -0.1) is 0 Å². The molecule has 0 N–H and O–H groups in total. The molecule has 0 radical (unpaired) electrons. The van der Waals surface area contributed by atoms with E-state index in [1.807, 2.05) is 12.1 Å². The van der Waals surface area contributed by atoms with Gasteiger partial charge in [-0.3, -0.25) is 0 Å². The maximum Gasteiger partial charge on any atom is 0.130 e. The summed E-state index contributed by atoms with van der Waals surface area (Å²) < 4.78 is 12.1. The van der Waals surface area contributed by atoms with Crippen LogP contribution in [0.2, 0.25) is 10.0 Å². The van der Waals surface area contributed by atoms with E-state index in [1.54, 1.807) is 14.2 Å². The Morgan fingerprint density at radius 1 is 0.742 bits per heavy atom. The van der Waals surface area contributed by atoms with Crippen LogP contribution in [0.1, 0.15) is 72.4 Å². The molecular weight excluding hydrogens is 446 g/mol. The van der Waals surface area contributed by atoms with Crippen molar-refractivity contribution in [3.8, 4) is 11.5 Å². The minimum atomic E-state index is -0.788. The van der Waals surface area contributed by atoms with Gasteiger partial charge in [-0.1, -0.05) is 78.1 Å². The number of benzene rings is 2. The molecule has 0 unspecified atom stereocenters. The van der Waals surface area contributed by atoms with E-state index in [9.17, 15) is 0 Å². The van der Waals surface area contributed by atoms with Gasteiger partial charge in [0.2, 0.25) is 0 Å². The largest absolute Gasteiger partial charge is 0.496 e. The maximum atomic E-state index is 6.66. The third-order valence-corrected chi connectivity index (χ3v) is 8.44. The Hall–Kier alpha value is -0.950. The summed E-state index contributed by atoms with van der Waals surface area (Å²) in [6.45, 7) is 15.4. The van der Waals surface area contributed by atoms with Crippen LogP contribution >= 0.6 is 31.1 Å². The first-order valence-corrected chi connectivity index (χ1v) is 13.2. The summed E-state index contributed by atoms with van der Waals surface area (Å²) >= 11 is 13.3. The molecule has 2 aromatic carbocycles. The third-order valence-electron chi connectivity index (χ3n) is 5.41. The summed E-state index contributed by atoms with van der Waals surface area (Å²) in [5.41, 5.74) is 2.06. The van der Waals surface area contributed by atoms with E-state index >= 15 is 0 Å². The first-order chi connectivity index (χ1) is 14.3. The van der Waals surface area contributed by atoms with Gasteiger partial charge in [0, 0.05) is 31.8 Å². The molecule has 2 aromatic rings. The number of halogens is 2. The normalized spacial score (nSPS) is 12.4. The van der Waals surface area contributed by atoms with E-state index in [2.05, 4.69) is 60.6 Å². The standard InChI is InChI=1S/C26H37Cl2O2P/c1-10-11-12-31(21-15-17(27)13-19(23(21)29-8)25(2,3)4)22-16-18(28)14-20(24(22)30-9)26(5,6)7/h13-16H,10-12H2,1-9H3. The molecule has 172 valence electrons. The molecule has 0 fully saturated rings. The van der Waals surface area contributed by atoms with Crippen molar-refractivity contribution < 1.29 is 9.47 Å². The van der Waals surface area contributed by atoms with Crippen molar-refractivity contribution in [3.05, 3.63) is 45.4 Å². The zero-order valence-electron chi connectivity index (χ0n) is 20.5. The first-order valence-electron chi connectivity index (χ1n) is 10.9. The molecule has 0 aromatic heterocycles. The summed E-state index contributed by atoms with van der Waals surface area (Å²) in [6, 6.07) is 8.22. The molecule has 5 heteroatoms. The SMILES string of the molecule is CCCCP(c1cc(Cl)cc(C(C)(C)C)c1OC)c1cc(Cl)cc(C(C)(C)C)c1OC. The average Bonchev–Trinajstić information content (AvgIpc) is 2.66. The van der Waals surface area contributed by atoms with Crippen LogP contribution < -0.4 is 20.1 Å². The molecule has 0 aliphatic rings. The molecule has 2 rings (SSSR count). The molecule has 0 spiro atoms. The Balaban J connectivity index is 2.89. The van der Waals surface area contributed by atoms with E-state index in [-0.39, 0.29) is 10.8 Å². The van der Waals surface area contributed by atoms with Crippen LogP contribution in [0.3, 0.4) is 0 Å². The Morgan fingerprint density at radius 2 is 1.13 bits per heavy atom. The van der Waals surface area contributed by atoms with Crippen molar-refractivity contribution in [2.24, 2.45) is 0 Å². The van der Waals surface area contributed by atoms with Crippen molar-refractivity contribution in [1.29, 1.82) is 0 Å². The van der Waals surface area contributed by atoms with Crippen molar-refractivity contribution in [2.45, 2.75) is 72.1 Å². The van der Waals surface area contributed by atoms with Crippen molar-refractivity contribution in [3.63, 3.8) is 0 Å². The van der Waals surface area contributed by atoms with Crippen LogP contribution in [0.15, 0.2) is 24.3 Å². The minimum absolute atomic E-state index is 0.0915. The second-order valence-electron chi connectivity index (χ2n) is 10.0. The van der Waals surface area contributed by atoms with E-state index < -0.39 is 7.92 Å². The highest BCUT2D eigenvalue weighted by molar-refractivity contribution is 7.73. The number of ether oxygens (including phenoxy) is 2. The second kappa shape index (κ2) is 10.3. The molecule has 0 saturated carbocycles. The molecule has 0 heterocycles. The average molecular weight is 483 g/mol. The predicted molar refractivity (Wildman–Crippen MR) is 139 cm³/mol. The summed E-state index contributed by atoms with van der Waals surface area (Å²) in [7, 11) is 2.72. The lowest BCUT2D eigenvalue weighted by Crippen LogP contribution is -2.24. The predicted octanol–water partition coefficient (Wildman–Crippen LogP) is 7.84. The molecule has 0 aliphatic carbocycles. The minimum Gasteiger partial charge on any atom is -0.496 e. The Kier molecular flexibility index (Phi) is 8.76. The van der Waals surface area contributed by atoms with Gasteiger partial charge in [0.1, 0.15) is 11.5 Å². The van der Waals surface area contributed by atoms with Gasteiger partial charge >= 0.3 is 0 Å². The summed E-state index contributed by atoms with van der Waals surface area (Å²) in [5, 5.41) is 3.79. The lowest BCUT2D eigenvalue weighted by Gasteiger charge is -2.30. The third kappa shape index (κ3) is 6.10. The molecule has 0 saturated heterocycles. The van der Waals surface area contributed by atoms with Crippen molar-refractivity contribution in [1.82, 2.24) is 0 Å². The number of rotatable bonds is 7. The summed E-state index contributed by atoms with van der Waals surface area (Å²) in [6.07, 6.45) is 3.24. The number of methoxy groups -OCH3 is 2. The molecular formula is C26H37Cl2O2P. The Bertz CT molecular complexity index is 840. The number of unbranched alkanes of at least 4 members (excludes halogenated alkanes) is 1. The Morgan fingerprint density at radius 3 is 1.42 bits per heavy atom. The van der Waals surface area contributed by atoms with Crippen LogP contribution in [-0.4, -0.2) is 20.4 Å². The van der Waals surface area contributed by atoms with Gasteiger partial charge in [-0.05, 0) is 55.6 Å². The molecule has 0 bridgehead atoms. The van der Waals surface area contributed by atoms with Crippen LogP contribution in [0.4, 0.5) is 0 Å². The van der Waals surface area contributed by atoms with E-state index in [4.69, 9.17) is 32.7 Å². The highest BCUT2D eigenvalue weighted by Crippen LogP contribution is 2.47. The number of hydrogen-bond donors (Lipinski definition) is 0. The molecule has 0 amide bonds. The molecule has 0 aliphatic heterocycles. The van der Waals surface area contributed by atoms with Gasteiger partial charge in [0.25, 0.3) is 0 Å². The van der Waals surface area contributed by atoms with Gasteiger partial charge in [0.05, 0.1) is 14.2 Å². The van der Waals surface area contributed by atoms with Gasteiger partial charge in [0.15, 0.2) is 0 Å². The van der Waals surface area contributed by atoms with E-state index in [0.29, 0.717) is 0 Å². The highest BCUT2D eigenvalue weighted by Gasteiger charge is 2.30. The fraction of sp³-hybridized carbons (Fsp3) is 0.538. The topological polar surface area (TPSA) is 18.5 Å². The number of hydrogen-bond acceptors (Lipinski definition) is 2. The van der Waals surface area contributed by atoms with Gasteiger partial charge in [-0.25, -0.2) is 0 Å². The van der Waals surface area contributed by atoms with Crippen molar-refractivity contribution in [2.75, 3.05) is 20.4 Å². The van der Waals surface area contributed by atoms with E-state index in [1.165, 1.54) is 0 Å². The summed E-state index contributed by atoms with van der Waals surface area (Å²) in [4.78, 5) is 0. The van der Waals surface area contributed by atoms with Crippen LogP contribution in [0.5, 0.6) is 11.5 Å². The molecule has 31 heavy (non-hydrogen) atoms. The van der Waals surface area contributed by atoms with Crippen molar-refractivity contribution >= 4 is 41.7 Å². The molecule has 2 nitrogen and oxygen atoms in total. The van der Waals surface area contributed by atoms with E-state index in [0.717, 1.165) is 62.3 Å². The highest BCUT2D eigenvalue weighted by atomic mass is 35.5. The monoisotopic (exact) mass is 482 g/mol. The lowest BCUT2D eigenvalue weighted by atomic mass is 9.86. The fourth-order valence-electron chi connectivity index (χ4n) is 3.79. The quantitative estimate of drug-likeness (QED) is 0.374. The summed E-state index contributed by atoms with van der Waals surface area (Å²) in [5.74, 6) is 1.86. The lowest BCUT2D eigenvalue weighted by molar-refractivity contribution is 0.400. The molecule has 0 atom stereocenters. The van der Waals surface area contributed by atoms with Crippen LogP contribution in [0, 0.1) is 0 Å². The maximum absolute atomic E-state index is 6.66. The van der Waals surface area contributed by atoms with Crippen LogP contribution in [-0.2, 0) is 10.8 Å². The zero-order valence-corrected chi connectivity index (χ0v) is 22.9. The van der Waals surface area contributed by atoms with Gasteiger partial charge < -0.3 is 9.47 Å². The smallest absolute Gasteiger partial charge is 0.130 e. The van der Waals surface area contributed by atoms with Crippen LogP contribution in [0.25, 0.3) is 0 Å². The first kappa shape index (κ1) is 26.3. The second-order valence-corrected chi connectivity index (χ2v) is 13.2.